The van der Waals surface area contributed by atoms with Crippen LogP contribution in [0, 0.1) is 19.3 Å². The van der Waals surface area contributed by atoms with Crippen molar-refractivity contribution in [1.29, 1.82) is 0 Å². The van der Waals surface area contributed by atoms with E-state index in [9.17, 15) is 14.7 Å². The van der Waals surface area contributed by atoms with E-state index in [0.717, 1.165) is 18.4 Å². The average molecular weight is 429 g/mol. The maximum absolute atomic E-state index is 12.4. The zero-order chi connectivity index (χ0) is 23.2. The fourth-order valence-electron chi connectivity index (χ4n) is 3.10. The Morgan fingerprint density at radius 3 is 2.13 bits per heavy atom. The van der Waals surface area contributed by atoms with E-state index in [1.165, 1.54) is 6.07 Å². The predicted octanol–water partition coefficient (Wildman–Crippen LogP) is 5.56. The highest BCUT2D eigenvalue weighted by atomic mass is 16.5. The number of hydrogen-bond donors (Lipinski definition) is 2. The van der Waals surface area contributed by atoms with Gasteiger partial charge in [-0.3, -0.25) is 4.79 Å². The second-order valence-corrected chi connectivity index (χ2v) is 8.93. The number of carbonyl (C=O) groups excluding carboxylic acids is 1. The maximum Gasteiger partial charge on any atom is 0.335 e. The van der Waals surface area contributed by atoms with Crippen molar-refractivity contribution in [3.05, 3.63) is 52.6 Å². The summed E-state index contributed by atoms with van der Waals surface area (Å²) in [5.74, 6) is 0.0266. The molecule has 0 aromatic heterocycles. The summed E-state index contributed by atoms with van der Waals surface area (Å²) in [6, 6.07) is 8.16. The normalized spacial score (nSPS) is 11.3. The molecule has 0 bridgehead atoms. The molecule has 0 unspecified atom stereocenters. The summed E-state index contributed by atoms with van der Waals surface area (Å²) < 4.78 is 11.5. The number of Topliss-reactive ketones (excluding diaryl/α,β-unsaturated/α-hetero) is 1. The highest BCUT2D eigenvalue weighted by Gasteiger charge is 2.21. The topological polar surface area (TPSA) is 93.1 Å². The van der Waals surface area contributed by atoms with Gasteiger partial charge in [-0.1, -0.05) is 26.8 Å². The van der Waals surface area contributed by atoms with Crippen molar-refractivity contribution in [3.63, 3.8) is 0 Å². The number of carboxylic acid groups (broad SMARTS) is 1. The Morgan fingerprint density at radius 1 is 0.935 bits per heavy atom. The van der Waals surface area contributed by atoms with Crippen LogP contribution < -0.4 is 9.47 Å². The highest BCUT2D eigenvalue weighted by molar-refractivity contribution is 5.99. The molecule has 0 saturated carbocycles. The summed E-state index contributed by atoms with van der Waals surface area (Å²) in [7, 11) is 0. The molecule has 0 saturated heterocycles. The van der Waals surface area contributed by atoms with Crippen molar-refractivity contribution in [2.45, 2.75) is 53.9 Å². The average Bonchev–Trinajstić information content (AvgIpc) is 2.67. The van der Waals surface area contributed by atoms with Gasteiger partial charge in [0.25, 0.3) is 0 Å². The van der Waals surface area contributed by atoms with E-state index in [4.69, 9.17) is 14.6 Å². The zero-order valence-electron chi connectivity index (χ0n) is 18.9. The molecule has 0 fully saturated rings. The lowest BCUT2D eigenvalue weighted by Crippen LogP contribution is -2.13. The Labute approximate surface area is 183 Å². The van der Waals surface area contributed by atoms with Gasteiger partial charge in [0.2, 0.25) is 0 Å². The number of rotatable bonds is 10. The van der Waals surface area contributed by atoms with Gasteiger partial charge in [-0.25, -0.2) is 4.79 Å². The zero-order valence-corrected chi connectivity index (χ0v) is 18.9. The minimum atomic E-state index is -0.983. The predicted molar refractivity (Wildman–Crippen MR) is 120 cm³/mol. The molecule has 0 heterocycles. The largest absolute Gasteiger partial charge is 0.507 e. The quantitative estimate of drug-likeness (QED) is 0.380. The smallest absolute Gasteiger partial charge is 0.335 e. The van der Waals surface area contributed by atoms with Gasteiger partial charge in [-0.15, -0.1) is 0 Å². The van der Waals surface area contributed by atoms with Crippen LogP contribution in [-0.4, -0.2) is 35.2 Å². The lowest BCUT2D eigenvalue weighted by atomic mass is 9.87. The molecule has 2 aromatic rings. The Balaban J connectivity index is 1.84. The highest BCUT2D eigenvalue weighted by Crippen LogP contribution is 2.33. The Bertz CT molecular complexity index is 940. The summed E-state index contributed by atoms with van der Waals surface area (Å²) in [6.45, 7) is 10.4. The molecule has 168 valence electrons. The third-order valence-corrected chi connectivity index (χ3v) is 4.86. The van der Waals surface area contributed by atoms with Gasteiger partial charge in [0, 0.05) is 12.0 Å². The van der Waals surface area contributed by atoms with Gasteiger partial charge in [-0.05, 0) is 61.9 Å². The lowest BCUT2D eigenvalue weighted by Gasteiger charge is -2.18. The maximum atomic E-state index is 12.4. The molecular weight excluding hydrogens is 396 g/mol. The van der Waals surface area contributed by atoms with Gasteiger partial charge >= 0.3 is 5.97 Å². The molecule has 31 heavy (non-hydrogen) atoms. The summed E-state index contributed by atoms with van der Waals surface area (Å²) in [4.78, 5) is 23.5. The number of aromatic carboxylic acids is 1. The molecule has 0 aliphatic heterocycles. The Hall–Kier alpha value is -3.02. The van der Waals surface area contributed by atoms with Crippen LogP contribution in [0.25, 0.3) is 0 Å². The van der Waals surface area contributed by atoms with Crippen molar-refractivity contribution >= 4 is 11.8 Å². The molecule has 2 N–H and O–H groups in total. The van der Waals surface area contributed by atoms with E-state index in [1.54, 1.807) is 31.2 Å². The molecule has 6 heteroatoms. The van der Waals surface area contributed by atoms with Crippen LogP contribution in [-0.2, 0) is 0 Å². The Morgan fingerprint density at radius 2 is 1.55 bits per heavy atom. The molecule has 0 radical (unpaired) electrons. The first-order valence-electron chi connectivity index (χ1n) is 10.4. The third-order valence-electron chi connectivity index (χ3n) is 4.86. The molecule has 2 rings (SSSR count). The molecule has 0 aliphatic carbocycles. The molecule has 6 nitrogen and oxygen atoms in total. The van der Waals surface area contributed by atoms with Crippen LogP contribution in [0.1, 0.15) is 71.9 Å². The van der Waals surface area contributed by atoms with Crippen LogP contribution in [0.3, 0.4) is 0 Å². The standard InChI is InChI=1S/C25H32O6/c1-16-8-9-18(24(28)29)14-22(16)31-13-7-6-12-30-21-11-10-19(23(27)17(21)2)20(26)15-25(3,4)5/h8-11,14,27H,6-7,12-13,15H2,1-5H3,(H,28,29). The van der Waals surface area contributed by atoms with Crippen molar-refractivity contribution in [2.24, 2.45) is 5.41 Å². The van der Waals surface area contributed by atoms with Crippen molar-refractivity contribution in [3.8, 4) is 17.2 Å². The van der Waals surface area contributed by atoms with E-state index < -0.39 is 5.97 Å². The number of phenolic OH excluding ortho intramolecular Hbond substituents is 1. The summed E-state index contributed by atoms with van der Waals surface area (Å²) >= 11 is 0. The number of unbranched alkanes of at least 4 members (excludes halogenated alkanes) is 1. The molecular formula is C25H32O6. The van der Waals surface area contributed by atoms with Crippen molar-refractivity contribution < 1.29 is 29.3 Å². The number of ketones is 1. The van der Waals surface area contributed by atoms with Crippen LogP contribution in [0.15, 0.2) is 30.3 Å². The van der Waals surface area contributed by atoms with E-state index in [1.807, 2.05) is 27.7 Å². The summed E-state index contributed by atoms with van der Waals surface area (Å²) in [5.41, 5.74) is 1.81. The van der Waals surface area contributed by atoms with Gasteiger partial charge < -0.3 is 19.7 Å². The fraction of sp³-hybridized carbons (Fsp3) is 0.440. The number of ether oxygens (including phenoxy) is 2. The lowest BCUT2D eigenvalue weighted by molar-refractivity contribution is 0.0696. The fourth-order valence-corrected chi connectivity index (χ4v) is 3.10. The molecule has 0 amide bonds. The summed E-state index contributed by atoms with van der Waals surface area (Å²) in [6.07, 6.45) is 1.81. The van der Waals surface area contributed by atoms with Crippen LogP contribution in [0.5, 0.6) is 17.2 Å². The van der Waals surface area contributed by atoms with Gasteiger partial charge in [0.1, 0.15) is 17.2 Å². The van der Waals surface area contributed by atoms with Crippen molar-refractivity contribution in [2.75, 3.05) is 13.2 Å². The second kappa shape index (κ2) is 10.3. The number of phenols is 1. The number of hydrogen-bond acceptors (Lipinski definition) is 5. The SMILES string of the molecule is Cc1ccc(C(=O)O)cc1OCCCCOc1ccc(C(=O)CC(C)(C)C)c(O)c1C. The second-order valence-electron chi connectivity index (χ2n) is 8.93. The van der Waals surface area contributed by atoms with Gasteiger partial charge in [-0.2, -0.15) is 0 Å². The molecule has 2 aromatic carbocycles. The first kappa shape index (κ1) is 24.3. The first-order valence-corrected chi connectivity index (χ1v) is 10.4. The van der Waals surface area contributed by atoms with Gasteiger partial charge in [0.15, 0.2) is 5.78 Å². The van der Waals surface area contributed by atoms with Crippen molar-refractivity contribution in [1.82, 2.24) is 0 Å². The molecule has 0 atom stereocenters. The van der Waals surface area contributed by atoms with Crippen LogP contribution >= 0.6 is 0 Å². The molecule has 0 aliphatic rings. The van der Waals surface area contributed by atoms with Crippen LogP contribution in [0.2, 0.25) is 0 Å². The number of benzene rings is 2. The third kappa shape index (κ3) is 7.02. The number of aryl methyl sites for hydroxylation is 1. The number of carboxylic acids is 1. The number of carbonyl (C=O) groups is 2. The summed E-state index contributed by atoms with van der Waals surface area (Å²) in [5, 5.41) is 19.5. The number of aromatic hydroxyl groups is 1. The van der Waals surface area contributed by atoms with E-state index in [2.05, 4.69) is 0 Å². The monoisotopic (exact) mass is 428 g/mol. The van der Waals surface area contributed by atoms with E-state index >= 15 is 0 Å². The van der Waals surface area contributed by atoms with Crippen LogP contribution in [0.4, 0.5) is 0 Å². The van der Waals surface area contributed by atoms with E-state index in [-0.39, 0.29) is 22.5 Å². The minimum Gasteiger partial charge on any atom is -0.507 e. The van der Waals surface area contributed by atoms with Gasteiger partial charge in [0.05, 0.1) is 24.3 Å². The van der Waals surface area contributed by atoms with E-state index in [0.29, 0.717) is 42.3 Å². The molecule has 0 spiro atoms. The minimum absolute atomic E-state index is 0.0242. The Kier molecular flexibility index (Phi) is 8.08. The first-order chi connectivity index (χ1) is 14.5.